The molecule has 6 nitrogen and oxygen atoms in total. The van der Waals surface area contributed by atoms with Gasteiger partial charge in [0, 0.05) is 6.20 Å². The van der Waals surface area contributed by atoms with Crippen molar-refractivity contribution in [1.82, 2.24) is 9.97 Å². The monoisotopic (exact) mass is 181 g/mol. The van der Waals surface area contributed by atoms with Gasteiger partial charge in [0.05, 0.1) is 11.5 Å². The van der Waals surface area contributed by atoms with Gasteiger partial charge in [-0.2, -0.15) is 0 Å². The molecule has 0 saturated carbocycles. The van der Waals surface area contributed by atoms with Crippen molar-refractivity contribution in [3.05, 3.63) is 38.7 Å². The van der Waals surface area contributed by atoms with E-state index in [1.807, 2.05) is 4.98 Å². The van der Waals surface area contributed by atoms with Crippen molar-refractivity contribution in [2.24, 2.45) is 0 Å². The Hall–Kier alpha value is -2.11. The van der Waals surface area contributed by atoms with Crippen LogP contribution in [0.1, 0.15) is 5.56 Å². The maximum absolute atomic E-state index is 10.9. The summed E-state index contributed by atoms with van der Waals surface area (Å²) < 4.78 is 0. The predicted molar refractivity (Wildman–Crippen MR) is 41.7 cm³/mol. The van der Waals surface area contributed by atoms with Crippen molar-refractivity contribution < 1.29 is 9.90 Å². The van der Waals surface area contributed by atoms with Crippen LogP contribution in [0.5, 0.6) is 0 Å². The Morgan fingerprint density at radius 1 is 1.46 bits per heavy atom. The summed E-state index contributed by atoms with van der Waals surface area (Å²) in [5.74, 6) is -1.41. The number of rotatable bonds is 2. The van der Waals surface area contributed by atoms with Crippen molar-refractivity contribution in [2.45, 2.75) is 0 Å². The summed E-state index contributed by atoms with van der Waals surface area (Å²) in [5.41, 5.74) is -1.25. The van der Waals surface area contributed by atoms with Gasteiger partial charge in [-0.15, -0.1) is 0 Å². The van der Waals surface area contributed by atoms with E-state index in [0.717, 1.165) is 12.3 Å². The maximum Gasteiger partial charge on any atom is 0.325 e. The zero-order valence-corrected chi connectivity index (χ0v) is 6.37. The van der Waals surface area contributed by atoms with Crippen LogP contribution in [-0.2, 0) is 4.79 Å². The third-order valence-corrected chi connectivity index (χ3v) is 1.25. The van der Waals surface area contributed by atoms with E-state index in [9.17, 15) is 19.5 Å². The molecule has 1 rings (SSSR count). The Labute approximate surface area is 71.6 Å². The van der Waals surface area contributed by atoms with Crippen molar-refractivity contribution >= 4 is 12.0 Å². The summed E-state index contributed by atoms with van der Waals surface area (Å²) in [5, 5.41) is 9.97. The molecule has 6 heteroatoms. The van der Waals surface area contributed by atoms with Gasteiger partial charge in [0.2, 0.25) is 0 Å². The predicted octanol–water partition coefficient (Wildman–Crippen LogP) is -2.17. The van der Waals surface area contributed by atoms with Crippen LogP contribution < -0.4 is 16.4 Å². The van der Waals surface area contributed by atoms with E-state index < -0.39 is 17.2 Å². The molecule has 0 aliphatic heterocycles. The number of carboxylic acid groups (broad SMARTS) is 1. The lowest BCUT2D eigenvalue weighted by molar-refractivity contribution is -0.297. The van der Waals surface area contributed by atoms with Crippen LogP contribution in [0.3, 0.4) is 0 Å². The smallest absolute Gasteiger partial charge is 0.325 e. The van der Waals surface area contributed by atoms with Gasteiger partial charge in [-0.3, -0.25) is 9.78 Å². The van der Waals surface area contributed by atoms with E-state index >= 15 is 0 Å². The van der Waals surface area contributed by atoms with Crippen LogP contribution >= 0.6 is 0 Å². The molecule has 0 aliphatic carbocycles. The molecule has 0 bridgehead atoms. The molecule has 1 aromatic heterocycles. The van der Waals surface area contributed by atoms with Crippen LogP contribution in [0.15, 0.2) is 21.9 Å². The highest BCUT2D eigenvalue weighted by atomic mass is 16.4. The second-order valence-electron chi connectivity index (χ2n) is 2.18. The molecule has 0 spiro atoms. The van der Waals surface area contributed by atoms with Gasteiger partial charge in [0.15, 0.2) is 0 Å². The summed E-state index contributed by atoms with van der Waals surface area (Å²) in [4.78, 5) is 35.5. The first kappa shape index (κ1) is 8.98. The summed E-state index contributed by atoms with van der Waals surface area (Å²) in [6.07, 6.45) is 2.84. The third kappa shape index (κ3) is 2.44. The van der Waals surface area contributed by atoms with E-state index in [1.165, 1.54) is 0 Å². The first-order valence-electron chi connectivity index (χ1n) is 3.30. The van der Waals surface area contributed by atoms with Gasteiger partial charge < -0.3 is 14.9 Å². The standard InChI is InChI=1S/C7H6N2O4/c10-5(11)2-1-4-3-8-7(13)9-6(4)12/h1-3H,(H,10,11)(H2,8,9,12,13)/p-1/b2-1+. The van der Waals surface area contributed by atoms with Crippen LogP contribution in [0, 0.1) is 0 Å². The zero-order valence-electron chi connectivity index (χ0n) is 6.37. The van der Waals surface area contributed by atoms with Crippen molar-refractivity contribution in [1.29, 1.82) is 0 Å². The van der Waals surface area contributed by atoms with Crippen LogP contribution in [0.2, 0.25) is 0 Å². The highest BCUT2D eigenvalue weighted by molar-refractivity contribution is 5.83. The zero-order chi connectivity index (χ0) is 9.84. The second kappa shape index (κ2) is 3.53. The largest absolute Gasteiger partial charge is 0.545 e. The highest BCUT2D eigenvalue weighted by Gasteiger charge is 1.93. The van der Waals surface area contributed by atoms with Crippen LogP contribution in [0.25, 0.3) is 6.08 Å². The molecule has 1 heterocycles. The van der Waals surface area contributed by atoms with E-state index in [4.69, 9.17) is 0 Å². The number of aliphatic carboxylic acids is 1. The molecule has 0 aliphatic rings. The number of aromatic amines is 2. The van der Waals surface area contributed by atoms with Gasteiger partial charge >= 0.3 is 5.69 Å². The van der Waals surface area contributed by atoms with Crippen LogP contribution in [-0.4, -0.2) is 15.9 Å². The molecule has 68 valence electrons. The van der Waals surface area contributed by atoms with Crippen molar-refractivity contribution in [3.8, 4) is 0 Å². The van der Waals surface area contributed by atoms with Gasteiger partial charge in [-0.25, -0.2) is 4.79 Å². The molecule has 0 unspecified atom stereocenters. The minimum absolute atomic E-state index is 0.0452. The number of hydrogen-bond donors (Lipinski definition) is 2. The summed E-state index contributed by atoms with van der Waals surface area (Å²) in [7, 11) is 0. The average Bonchev–Trinajstić information content (AvgIpc) is 2.02. The number of hydrogen-bond acceptors (Lipinski definition) is 4. The molecular formula is C7H5N2O4-. The lowest BCUT2D eigenvalue weighted by Crippen LogP contribution is -2.23. The lowest BCUT2D eigenvalue weighted by Gasteiger charge is -1.91. The first-order valence-corrected chi connectivity index (χ1v) is 3.30. The van der Waals surface area contributed by atoms with Gasteiger partial charge in [0.1, 0.15) is 0 Å². The highest BCUT2D eigenvalue weighted by Crippen LogP contribution is 1.87. The Morgan fingerprint density at radius 2 is 2.15 bits per heavy atom. The van der Waals surface area contributed by atoms with E-state index in [1.54, 1.807) is 0 Å². The van der Waals surface area contributed by atoms with E-state index in [-0.39, 0.29) is 5.56 Å². The Bertz CT molecular complexity index is 454. The van der Waals surface area contributed by atoms with E-state index in [0.29, 0.717) is 6.08 Å². The Morgan fingerprint density at radius 3 is 2.69 bits per heavy atom. The van der Waals surface area contributed by atoms with Crippen molar-refractivity contribution in [3.63, 3.8) is 0 Å². The van der Waals surface area contributed by atoms with E-state index in [2.05, 4.69) is 4.98 Å². The molecule has 13 heavy (non-hydrogen) atoms. The SMILES string of the molecule is O=C([O-])/C=C/c1c[nH]c(=O)[nH]c1=O. The third-order valence-electron chi connectivity index (χ3n) is 1.25. The summed E-state index contributed by atoms with van der Waals surface area (Å²) >= 11 is 0. The molecule has 0 saturated heterocycles. The fourth-order valence-corrected chi connectivity index (χ4v) is 0.702. The summed E-state index contributed by atoms with van der Waals surface area (Å²) in [6.45, 7) is 0. The molecule has 0 radical (unpaired) electrons. The topological polar surface area (TPSA) is 106 Å². The van der Waals surface area contributed by atoms with Gasteiger partial charge in [0.25, 0.3) is 5.56 Å². The van der Waals surface area contributed by atoms with Crippen molar-refractivity contribution in [2.75, 3.05) is 0 Å². The van der Waals surface area contributed by atoms with Gasteiger partial charge in [-0.05, 0) is 12.2 Å². The molecule has 0 atom stereocenters. The first-order chi connectivity index (χ1) is 6.09. The number of H-pyrrole nitrogens is 2. The maximum atomic E-state index is 10.9. The number of carbonyl (C=O) groups is 1. The fourth-order valence-electron chi connectivity index (χ4n) is 0.702. The number of carboxylic acids is 1. The minimum atomic E-state index is -1.41. The Balaban J connectivity index is 3.11. The number of nitrogens with one attached hydrogen (secondary N) is 2. The lowest BCUT2D eigenvalue weighted by atomic mass is 10.3. The molecule has 0 aromatic carbocycles. The normalized spacial score (nSPS) is 10.5. The second-order valence-corrected chi connectivity index (χ2v) is 2.18. The minimum Gasteiger partial charge on any atom is -0.545 e. The molecule has 1 aromatic rings. The molecule has 2 N–H and O–H groups in total. The quantitative estimate of drug-likeness (QED) is 0.506. The molecular weight excluding hydrogens is 176 g/mol. The fraction of sp³-hybridized carbons (Fsp3) is 0. The number of carbonyl (C=O) groups excluding carboxylic acids is 1. The van der Waals surface area contributed by atoms with Gasteiger partial charge in [-0.1, -0.05) is 0 Å². The summed E-state index contributed by atoms with van der Waals surface area (Å²) in [6, 6.07) is 0. The molecule has 0 fully saturated rings. The molecule has 0 amide bonds. The number of aromatic nitrogens is 2. The average molecular weight is 181 g/mol. The Kier molecular flexibility index (Phi) is 2.44. The van der Waals surface area contributed by atoms with Crippen LogP contribution in [0.4, 0.5) is 0 Å².